The van der Waals surface area contributed by atoms with Crippen molar-refractivity contribution >= 4 is 20.0 Å². The van der Waals surface area contributed by atoms with Crippen LogP contribution in [0.3, 0.4) is 0 Å². The average molecular weight is 209 g/mol. The van der Waals surface area contributed by atoms with Gasteiger partial charge in [0.25, 0.3) is 0 Å². The molecule has 1 heterocycles. The monoisotopic (exact) mass is 209 g/mol. The molecule has 0 aromatic heterocycles. The Morgan fingerprint density at radius 2 is 2.21 bits per heavy atom. The first-order valence-corrected chi connectivity index (χ1v) is 5.77. The van der Waals surface area contributed by atoms with Crippen molar-refractivity contribution in [3.05, 3.63) is 30.3 Å². The predicted molar refractivity (Wildman–Crippen MR) is 57.5 cm³/mol. The summed E-state index contributed by atoms with van der Waals surface area (Å²) in [6.45, 7) is 0.513. The molecule has 1 aromatic rings. The largest absolute Gasteiger partial charge is 0.447 e. The maximum absolute atomic E-state index is 10.7. The quantitative estimate of drug-likeness (QED) is 0.757. The van der Waals surface area contributed by atoms with Gasteiger partial charge in [-0.1, -0.05) is 38.9 Å². The van der Waals surface area contributed by atoms with Crippen LogP contribution >= 0.6 is 8.58 Å². The van der Waals surface area contributed by atoms with Gasteiger partial charge in [-0.2, -0.15) is 0 Å². The highest BCUT2D eigenvalue weighted by Gasteiger charge is 2.21. The molecular weight excluding hydrogens is 197 g/mol. The number of nitrogens with one attached hydrogen (secondary N) is 1. The summed E-state index contributed by atoms with van der Waals surface area (Å²) in [5, 5.41) is 4.10. The number of rotatable bonds is 3. The van der Waals surface area contributed by atoms with E-state index in [0.717, 1.165) is 14.7 Å². The molecule has 1 amide bonds. The standard InChI is InChI=1S/C10H12NO2P/c12-10-11-8(6-13-10)7-14-9-4-2-1-3-5-9/h1-5,8,14H,6-7H2,(H,11,12)/t8-/m0/s1. The van der Waals surface area contributed by atoms with Crippen molar-refractivity contribution in [3.63, 3.8) is 0 Å². The number of amides is 1. The van der Waals surface area contributed by atoms with Crippen LogP contribution in [-0.2, 0) is 4.74 Å². The van der Waals surface area contributed by atoms with Crippen LogP contribution in [0.4, 0.5) is 4.79 Å². The van der Waals surface area contributed by atoms with E-state index in [9.17, 15) is 4.79 Å². The lowest BCUT2D eigenvalue weighted by Crippen LogP contribution is -2.28. The van der Waals surface area contributed by atoms with Crippen molar-refractivity contribution in [1.82, 2.24) is 5.32 Å². The molecule has 0 saturated carbocycles. The molecule has 3 nitrogen and oxygen atoms in total. The third-order valence-electron chi connectivity index (χ3n) is 2.06. The first kappa shape index (κ1) is 9.47. The summed E-state index contributed by atoms with van der Waals surface area (Å²) in [6, 6.07) is 10.5. The van der Waals surface area contributed by atoms with Crippen molar-refractivity contribution in [3.8, 4) is 0 Å². The zero-order valence-electron chi connectivity index (χ0n) is 7.69. The number of cyclic esters (lactones) is 1. The molecular formula is C10H12NO2P. The van der Waals surface area contributed by atoms with Gasteiger partial charge in [0.2, 0.25) is 0 Å². The van der Waals surface area contributed by atoms with Gasteiger partial charge >= 0.3 is 6.09 Å². The topological polar surface area (TPSA) is 38.3 Å². The first-order chi connectivity index (χ1) is 6.84. The molecule has 0 bridgehead atoms. The van der Waals surface area contributed by atoms with Crippen LogP contribution in [0.15, 0.2) is 30.3 Å². The van der Waals surface area contributed by atoms with Crippen LogP contribution < -0.4 is 10.6 Å². The number of hydrogen-bond acceptors (Lipinski definition) is 2. The number of carbonyl (C=O) groups excluding carboxylic acids is 1. The SMILES string of the molecule is O=C1N[C@H](CPc2ccccc2)CO1. The minimum absolute atomic E-state index is 0.195. The highest BCUT2D eigenvalue weighted by atomic mass is 31.1. The van der Waals surface area contributed by atoms with Gasteiger partial charge in [0.15, 0.2) is 0 Å². The fourth-order valence-electron chi connectivity index (χ4n) is 1.33. The number of ether oxygens (including phenoxy) is 1. The molecule has 2 atom stereocenters. The molecule has 0 aliphatic carbocycles. The molecule has 1 N–H and O–H groups in total. The van der Waals surface area contributed by atoms with Gasteiger partial charge in [-0.05, 0) is 11.5 Å². The van der Waals surface area contributed by atoms with E-state index in [1.807, 2.05) is 18.2 Å². The number of carbonyl (C=O) groups is 1. The Hall–Kier alpha value is -1.08. The van der Waals surface area contributed by atoms with Gasteiger partial charge in [-0.15, -0.1) is 0 Å². The lowest BCUT2D eigenvalue weighted by atomic mass is 10.4. The fraction of sp³-hybridized carbons (Fsp3) is 0.300. The van der Waals surface area contributed by atoms with Crippen LogP contribution in [0.2, 0.25) is 0 Å². The van der Waals surface area contributed by atoms with E-state index in [1.54, 1.807) is 0 Å². The summed E-state index contributed by atoms with van der Waals surface area (Å²) in [5.74, 6) is 0. The molecule has 14 heavy (non-hydrogen) atoms. The van der Waals surface area contributed by atoms with Crippen LogP contribution in [0.5, 0.6) is 0 Å². The van der Waals surface area contributed by atoms with Crippen molar-refractivity contribution < 1.29 is 9.53 Å². The Balaban J connectivity index is 1.80. The molecule has 1 aliphatic rings. The molecule has 1 aromatic carbocycles. The Labute approximate surface area is 84.6 Å². The zero-order chi connectivity index (χ0) is 9.80. The van der Waals surface area contributed by atoms with E-state index in [1.165, 1.54) is 5.30 Å². The smallest absolute Gasteiger partial charge is 0.407 e. The zero-order valence-corrected chi connectivity index (χ0v) is 8.69. The van der Waals surface area contributed by atoms with Crippen molar-refractivity contribution in [2.24, 2.45) is 0 Å². The molecule has 74 valence electrons. The Morgan fingerprint density at radius 3 is 2.86 bits per heavy atom. The summed E-state index contributed by atoms with van der Waals surface area (Å²) in [6.07, 6.45) is 0.684. The Bertz CT molecular complexity index is 315. The summed E-state index contributed by atoms with van der Waals surface area (Å²) in [7, 11) is 0.733. The van der Waals surface area contributed by atoms with Gasteiger partial charge < -0.3 is 10.1 Å². The minimum atomic E-state index is -0.284. The van der Waals surface area contributed by atoms with Gasteiger partial charge in [0.1, 0.15) is 6.61 Å². The lowest BCUT2D eigenvalue weighted by molar-refractivity contribution is 0.177. The normalized spacial score (nSPS) is 21.1. The van der Waals surface area contributed by atoms with E-state index in [4.69, 9.17) is 4.74 Å². The summed E-state index contributed by atoms with van der Waals surface area (Å²) in [5.41, 5.74) is 0. The number of hydrogen-bond donors (Lipinski definition) is 1. The third kappa shape index (κ3) is 2.46. The molecule has 0 radical (unpaired) electrons. The van der Waals surface area contributed by atoms with Crippen LogP contribution in [0.1, 0.15) is 0 Å². The van der Waals surface area contributed by atoms with Gasteiger partial charge in [-0.3, -0.25) is 0 Å². The van der Waals surface area contributed by atoms with Crippen LogP contribution in [0, 0.1) is 0 Å². The molecule has 2 rings (SSSR count). The van der Waals surface area contributed by atoms with Crippen molar-refractivity contribution in [2.75, 3.05) is 12.8 Å². The lowest BCUT2D eigenvalue weighted by Gasteiger charge is -2.06. The highest BCUT2D eigenvalue weighted by Crippen LogP contribution is 2.13. The van der Waals surface area contributed by atoms with Crippen LogP contribution in [0.25, 0.3) is 0 Å². The highest BCUT2D eigenvalue weighted by molar-refractivity contribution is 7.47. The second kappa shape index (κ2) is 4.43. The Kier molecular flexibility index (Phi) is 3.00. The van der Waals surface area contributed by atoms with Crippen molar-refractivity contribution in [1.29, 1.82) is 0 Å². The number of benzene rings is 1. The molecule has 1 aliphatic heterocycles. The maximum Gasteiger partial charge on any atom is 0.407 e. The minimum Gasteiger partial charge on any atom is -0.447 e. The van der Waals surface area contributed by atoms with Gasteiger partial charge in [0.05, 0.1) is 6.04 Å². The summed E-state index contributed by atoms with van der Waals surface area (Å²) < 4.78 is 4.81. The second-order valence-corrected chi connectivity index (χ2v) is 4.53. The Morgan fingerprint density at radius 1 is 1.43 bits per heavy atom. The number of alkyl carbamates (subject to hydrolysis) is 1. The van der Waals surface area contributed by atoms with E-state index in [0.29, 0.717) is 6.61 Å². The predicted octanol–water partition coefficient (Wildman–Crippen LogP) is 1.10. The molecule has 0 spiro atoms. The molecule has 1 unspecified atom stereocenters. The van der Waals surface area contributed by atoms with Gasteiger partial charge in [-0.25, -0.2) is 4.79 Å². The molecule has 4 heteroatoms. The van der Waals surface area contributed by atoms with E-state index in [-0.39, 0.29) is 12.1 Å². The average Bonchev–Trinajstić information content (AvgIpc) is 2.63. The summed E-state index contributed by atoms with van der Waals surface area (Å²) in [4.78, 5) is 10.7. The molecule has 1 saturated heterocycles. The van der Waals surface area contributed by atoms with Crippen molar-refractivity contribution in [2.45, 2.75) is 6.04 Å². The fourth-order valence-corrected chi connectivity index (χ4v) is 2.46. The van der Waals surface area contributed by atoms with E-state index < -0.39 is 0 Å². The maximum atomic E-state index is 10.7. The van der Waals surface area contributed by atoms with Crippen LogP contribution in [-0.4, -0.2) is 24.9 Å². The summed E-state index contributed by atoms with van der Waals surface area (Å²) >= 11 is 0. The second-order valence-electron chi connectivity index (χ2n) is 3.19. The van der Waals surface area contributed by atoms with E-state index >= 15 is 0 Å². The molecule has 1 fully saturated rings. The first-order valence-electron chi connectivity index (χ1n) is 4.57. The van der Waals surface area contributed by atoms with E-state index in [2.05, 4.69) is 17.4 Å². The third-order valence-corrected chi connectivity index (χ3v) is 3.50. The van der Waals surface area contributed by atoms with Gasteiger partial charge in [0, 0.05) is 0 Å².